The molecule has 390 valence electrons. The number of rotatable bonds is 8. The van der Waals surface area contributed by atoms with Crippen LogP contribution in [0, 0.1) is 49.0 Å². The summed E-state index contributed by atoms with van der Waals surface area (Å²) in [4.78, 5) is 14.8. The van der Waals surface area contributed by atoms with E-state index in [9.17, 15) is 23.7 Å². The molecule has 0 N–H and O–H groups in total. The fourth-order valence-corrected chi connectivity index (χ4v) is 11.4. The van der Waals surface area contributed by atoms with Crippen molar-refractivity contribution in [3.05, 3.63) is 287 Å². The first-order valence-corrected chi connectivity index (χ1v) is 26.3. The van der Waals surface area contributed by atoms with E-state index in [0.29, 0.717) is 56.1 Å². The van der Waals surface area contributed by atoms with Gasteiger partial charge in [-0.25, -0.2) is 19.4 Å². The number of halogens is 3. The molecule has 0 unspecified atom stereocenters. The number of nitrogens with zero attached hydrogens (tertiary/aromatic N) is 8. The molecule has 0 bridgehead atoms. The Morgan fingerprint density at radius 1 is 0.321 bits per heavy atom. The minimum atomic E-state index is -4.68. The van der Waals surface area contributed by atoms with Gasteiger partial charge in [-0.2, -0.15) is 23.7 Å². The van der Waals surface area contributed by atoms with Crippen LogP contribution >= 0.6 is 0 Å². The van der Waals surface area contributed by atoms with E-state index in [1.165, 1.54) is 6.07 Å². The topological polar surface area (TPSA) is 74.9 Å². The smallest absolute Gasteiger partial charge is 0.309 e. The molecule has 0 aliphatic heterocycles. The third kappa shape index (κ3) is 8.87. The average Bonchev–Trinajstić information content (AvgIpc) is 3.32. The van der Waals surface area contributed by atoms with Crippen molar-refractivity contribution in [1.29, 1.82) is 10.5 Å². The molecule has 0 aliphatic rings. The highest BCUT2D eigenvalue weighted by molar-refractivity contribution is 6.14. The zero-order chi connectivity index (χ0) is 57.8. The minimum Gasteiger partial charge on any atom is -0.309 e. The van der Waals surface area contributed by atoms with E-state index in [1.54, 1.807) is 54.6 Å². The predicted octanol–water partition coefficient (Wildman–Crippen LogP) is 20.8. The summed E-state index contributed by atoms with van der Waals surface area (Å²) in [6.07, 6.45) is -4.68. The normalized spacial score (nSPS) is 11.2. The molecule has 0 fully saturated rings. The molecule has 0 spiro atoms. The van der Waals surface area contributed by atoms with Crippen LogP contribution in [0.1, 0.15) is 16.7 Å². The molecule has 2 aromatic heterocycles. The second-order valence-corrected chi connectivity index (χ2v) is 20.2. The molecule has 0 saturated heterocycles. The molecular weight excluding hydrogens is 1050 g/mol. The second kappa shape index (κ2) is 20.4. The van der Waals surface area contributed by atoms with Crippen molar-refractivity contribution in [2.24, 2.45) is 0 Å². The van der Waals surface area contributed by atoms with Gasteiger partial charge in [0.15, 0.2) is 22.7 Å². The van der Waals surface area contributed by atoms with Crippen molar-refractivity contribution in [1.82, 2.24) is 9.13 Å². The van der Waals surface area contributed by atoms with Crippen molar-refractivity contribution in [3.63, 3.8) is 0 Å². The summed E-state index contributed by atoms with van der Waals surface area (Å²) in [7, 11) is 0. The number of hydrogen-bond donors (Lipinski definition) is 0. The van der Waals surface area contributed by atoms with Crippen LogP contribution in [0.25, 0.3) is 141 Å². The number of hydrogen-bond acceptors (Lipinski definition) is 2. The van der Waals surface area contributed by atoms with Gasteiger partial charge < -0.3 is 9.13 Å². The van der Waals surface area contributed by atoms with E-state index in [0.717, 1.165) is 106 Å². The Bertz CT molecular complexity index is 4930. The summed E-state index contributed by atoms with van der Waals surface area (Å²) in [5.74, 6) is 0. The molecule has 0 radical (unpaired) electrons. The number of nitriles is 2. The van der Waals surface area contributed by atoms with Crippen LogP contribution in [-0.2, 0) is 6.18 Å². The Balaban J connectivity index is 1.11. The van der Waals surface area contributed by atoms with Gasteiger partial charge in [0.2, 0.25) is 0 Å². The van der Waals surface area contributed by atoms with Gasteiger partial charge in [-0.05, 0) is 158 Å². The van der Waals surface area contributed by atoms with Crippen molar-refractivity contribution < 1.29 is 13.2 Å². The molecule has 0 saturated carbocycles. The van der Waals surface area contributed by atoms with Gasteiger partial charge in [-0.3, -0.25) is 0 Å². The third-order valence-corrected chi connectivity index (χ3v) is 15.5. The number of fused-ring (bicyclic) bond motifs is 6. The largest absolute Gasteiger partial charge is 0.415 e. The van der Waals surface area contributed by atoms with Gasteiger partial charge in [-0.15, -0.1) is 0 Å². The molecule has 13 aromatic rings. The molecule has 11 heteroatoms. The number of benzene rings is 11. The maximum absolute atomic E-state index is 14.3. The minimum absolute atomic E-state index is 0.171. The molecule has 0 aliphatic carbocycles. The molecule has 8 nitrogen and oxygen atoms in total. The highest BCUT2D eigenvalue weighted by Gasteiger charge is 2.31. The van der Waals surface area contributed by atoms with E-state index < -0.39 is 11.7 Å². The summed E-state index contributed by atoms with van der Waals surface area (Å²) in [5.41, 5.74) is 15.4. The Morgan fingerprint density at radius 3 is 1.08 bits per heavy atom. The Labute approximate surface area is 480 Å². The molecule has 0 amide bonds. The predicted molar refractivity (Wildman–Crippen MR) is 327 cm³/mol. The molecule has 13 rings (SSSR count). The molecule has 2 heterocycles. The first kappa shape index (κ1) is 51.2. The zero-order valence-corrected chi connectivity index (χ0v) is 44.1. The molecule has 84 heavy (non-hydrogen) atoms. The zero-order valence-electron chi connectivity index (χ0n) is 44.1. The Kier molecular flexibility index (Phi) is 12.5. The molecule has 11 aromatic carbocycles. The highest BCUT2D eigenvalue weighted by Crippen LogP contribution is 2.47. The standard InChI is InChI=1S/C73H37F3N8/c1-79-56-23-13-48(14-24-56)52-20-32-69-63(37-52)64-38-53(49-15-25-57(80-2)26-16-49)21-33-70(64)84(69)72-39-54(59-29-22-55(73(74,75)76)40-66(59)82-4)17-28-60(72)65-41-58(81-3)27-34-71(65)83-67-30-18-50(46-9-5-44(42-77)6-10-46)35-61(67)62-36-51(19-31-68(62)83)47-11-7-45(43-78)8-12-47/h5-41H. The third-order valence-electron chi connectivity index (χ3n) is 15.5. The summed E-state index contributed by atoms with van der Waals surface area (Å²) in [5, 5.41) is 22.8. The van der Waals surface area contributed by atoms with Crippen LogP contribution < -0.4 is 0 Å². The maximum Gasteiger partial charge on any atom is 0.415 e. The lowest BCUT2D eigenvalue weighted by Gasteiger charge is -2.21. The quantitative estimate of drug-likeness (QED) is 0.142. The number of alkyl halides is 3. The fourth-order valence-electron chi connectivity index (χ4n) is 11.4. The van der Waals surface area contributed by atoms with E-state index in [1.807, 2.05) is 115 Å². The second-order valence-electron chi connectivity index (χ2n) is 20.2. The fraction of sp³-hybridized carbons (Fsp3) is 0.0137. The van der Waals surface area contributed by atoms with Gasteiger partial charge in [-0.1, -0.05) is 127 Å². The van der Waals surface area contributed by atoms with Crippen LogP contribution in [0.15, 0.2) is 224 Å². The highest BCUT2D eigenvalue weighted by atomic mass is 19.4. The van der Waals surface area contributed by atoms with Crippen molar-refractivity contribution in [2.75, 3.05) is 0 Å². The lowest BCUT2D eigenvalue weighted by Crippen LogP contribution is -2.04. The van der Waals surface area contributed by atoms with E-state index in [4.69, 9.17) is 26.3 Å². The van der Waals surface area contributed by atoms with Gasteiger partial charge in [0.25, 0.3) is 0 Å². The van der Waals surface area contributed by atoms with Crippen LogP contribution in [-0.4, -0.2) is 9.13 Å². The first-order valence-electron chi connectivity index (χ1n) is 26.3. The van der Waals surface area contributed by atoms with Crippen LogP contribution in [0.3, 0.4) is 0 Å². The van der Waals surface area contributed by atoms with Gasteiger partial charge in [0.05, 0.1) is 83.0 Å². The Hall–Kier alpha value is -12.3. The van der Waals surface area contributed by atoms with E-state index in [-0.39, 0.29) is 5.69 Å². The summed E-state index contributed by atoms with van der Waals surface area (Å²) in [6, 6.07) is 73.4. The summed E-state index contributed by atoms with van der Waals surface area (Å²) < 4.78 is 47.1. The van der Waals surface area contributed by atoms with Gasteiger partial charge >= 0.3 is 6.18 Å². The molecular formula is C73H37F3N8. The van der Waals surface area contributed by atoms with E-state index in [2.05, 4.69) is 77.1 Å². The van der Waals surface area contributed by atoms with Crippen LogP contribution in [0.5, 0.6) is 0 Å². The average molecular weight is 1080 g/mol. The summed E-state index contributed by atoms with van der Waals surface area (Å²) in [6.45, 7) is 31.7. The van der Waals surface area contributed by atoms with Crippen molar-refractivity contribution in [3.8, 4) is 90.3 Å². The summed E-state index contributed by atoms with van der Waals surface area (Å²) >= 11 is 0. The maximum atomic E-state index is 14.3. The van der Waals surface area contributed by atoms with Gasteiger partial charge in [0.1, 0.15) is 0 Å². The van der Waals surface area contributed by atoms with Crippen molar-refractivity contribution in [2.45, 2.75) is 6.18 Å². The number of aromatic nitrogens is 2. The Morgan fingerprint density at radius 2 is 0.690 bits per heavy atom. The lowest BCUT2D eigenvalue weighted by atomic mass is 9.94. The first-order chi connectivity index (χ1) is 40.9. The van der Waals surface area contributed by atoms with Crippen molar-refractivity contribution >= 4 is 66.4 Å². The SMILES string of the molecule is [C-]#[N+]c1ccc(-c2ccc3c(c2)c2cc(-c4ccc([N+]#[C-])cc4)ccc2n3-c2cc(-c3ccc(C(F)(F)F)cc3[N+]#[C-])ccc2-c2cc([N+]#[C-])ccc2-n2c3ccc(-c4ccc(C#N)cc4)cc3c3cc(-c4ccc(C#N)cc4)ccc32)cc1. The van der Waals surface area contributed by atoms with Crippen LogP contribution in [0.2, 0.25) is 0 Å². The molecule has 0 atom stereocenters. The lowest BCUT2D eigenvalue weighted by molar-refractivity contribution is -0.137. The monoisotopic (exact) mass is 1080 g/mol. The van der Waals surface area contributed by atoms with E-state index >= 15 is 0 Å². The van der Waals surface area contributed by atoms with Crippen LogP contribution in [0.4, 0.5) is 35.9 Å². The van der Waals surface area contributed by atoms with Gasteiger partial charge in [0, 0.05) is 32.7 Å².